The van der Waals surface area contributed by atoms with Crippen molar-refractivity contribution in [1.29, 1.82) is 5.26 Å². The quantitative estimate of drug-likeness (QED) is 0.719. The van der Waals surface area contributed by atoms with Crippen LogP contribution in [-0.4, -0.2) is 17.2 Å². The Morgan fingerprint density at radius 3 is 2.62 bits per heavy atom. The Labute approximate surface area is 168 Å². The molecular weight excluding hydrogens is 403 g/mol. The summed E-state index contributed by atoms with van der Waals surface area (Å²) in [6, 6.07) is 13.3. The second-order valence-corrected chi connectivity index (χ2v) is 7.02. The van der Waals surface area contributed by atoms with E-state index in [1.54, 1.807) is 37.3 Å². The zero-order valence-electron chi connectivity index (χ0n) is 15.0. The highest BCUT2D eigenvalue weighted by Gasteiger charge is 2.30. The van der Waals surface area contributed by atoms with Gasteiger partial charge in [-0.15, -0.1) is 0 Å². The molecule has 5 nitrogen and oxygen atoms in total. The first-order chi connectivity index (χ1) is 13.7. The lowest BCUT2D eigenvalue weighted by atomic mass is 10.2. The zero-order valence-corrected chi connectivity index (χ0v) is 15.8. The molecule has 3 rings (SSSR count). The number of hydrogen-bond acceptors (Lipinski definition) is 5. The van der Waals surface area contributed by atoms with Gasteiger partial charge in [0.05, 0.1) is 16.2 Å². The summed E-state index contributed by atoms with van der Waals surface area (Å²) in [5.74, 6) is 0.135. The minimum Gasteiger partial charge on any atom is -0.476 e. The molecule has 1 unspecified atom stereocenters. The van der Waals surface area contributed by atoms with Gasteiger partial charge in [-0.1, -0.05) is 18.2 Å². The van der Waals surface area contributed by atoms with Crippen LogP contribution in [0.4, 0.5) is 18.9 Å². The van der Waals surface area contributed by atoms with Gasteiger partial charge in [-0.05, 0) is 60.7 Å². The second-order valence-electron chi connectivity index (χ2n) is 5.99. The number of aliphatic imine (C=N–C) groups is 1. The molecule has 1 heterocycles. The van der Waals surface area contributed by atoms with E-state index in [-0.39, 0.29) is 16.8 Å². The van der Waals surface area contributed by atoms with Gasteiger partial charge in [0.1, 0.15) is 11.8 Å². The van der Waals surface area contributed by atoms with Gasteiger partial charge in [-0.3, -0.25) is 4.79 Å². The highest BCUT2D eigenvalue weighted by atomic mass is 32.2. The Hall–Kier alpha value is -3.25. The van der Waals surface area contributed by atoms with Gasteiger partial charge < -0.3 is 10.1 Å². The molecule has 0 aromatic heterocycles. The molecule has 148 valence electrons. The van der Waals surface area contributed by atoms with Gasteiger partial charge in [-0.25, -0.2) is 4.99 Å². The lowest BCUT2D eigenvalue weighted by Crippen LogP contribution is -2.19. The molecule has 1 aliphatic rings. The van der Waals surface area contributed by atoms with Crippen LogP contribution < -0.4 is 10.1 Å². The van der Waals surface area contributed by atoms with E-state index in [1.807, 2.05) is 6.07 Å². The first-order valence-electron chi connectivity index (χ1n) is 8.38. The van der Waals surface area contributed by atoms with Gasteiger partial charge in [0.15, 0.2) is 11.3 Å². The standard InChI is InChI=1S/C20H14F3N3O2S/c1-12(11-24)28-16-7-5-13(6-8-16)9-17-18(27)26-19(29-17)25-15-4-2-3-14(10-15)20(21,22)23/h2-10,12H,1H3,(H,25,26,27)/b17-9-. The Kier molecular flexibility index (Phi) is 5.94. The molecule has 0 spiro atoms. The average Bonchev–Trinajstić information content (AvgIpc) is 3.01. The minimum absolute atomic E-state index is 0.0944. The Morgan fingerprint density at radius 1 is 1.24 bits per heavy atom. The van der Waals surface area contributed by atoms with E-state index in [2.05, 4.69) is 10.3 Å². The van der Waals surface area contributed by atoms with E-state index in [9.17, 15) is 18.0 Å². The van der Waals surface area contributed by atoms with Crippen molar-refractivity contribution in [3.05, 3.63) is 64.6 Å². The van der Waals surface area contributed by atoms with E-state index in [0.29, 0.717) is 10.7 Å². The van der Waals surface area contributed by atoms with E-state index < -0.39 is 17.8 Å². The maximum atomic E-state index is 12.8. The highest BCUT2D eigenvalue weighted by molar-refractivity contribution is 8.18. The number of thioether (sulfide) groups is 1. The van der Waals surface area contributed by atoms with Gasteiger partial charge >= 0.3 is 6.18 Å². The van der Waals surface area contributed by atoms with Crippen molar-refractivity contribution in [2.24, 2.45) is 4.99 Å². The van der Waals surface area contributed by atoms with Crippen LogP contribution in [0.2, 0.25) is 0 Å². The number of nitriles is 1. The average molecular weight is 417 g/mol. The lowest BCUT2D eigenvalue weighted by Gasteiger charge is -2.07. The first kappa shape index (κ1) is 20.5. The molecule has 1 saturated heterocycles. The molecule has 1 fully saturated rings. The third-order valence-corrected chi connectivity index (χ3v) is 4.64. The van der Waals surface area contributed by atoms with Crippen molar-refractivity contribution in [2.75, 3.05) is 0 Å². The van der Waals surface area contributed by atoms with Crippen LogP contribution in [0.5, 0.6) is 5.75 Å². The van der Waals surface area contributed by atoms with Gasteiger partial charge in [0.25, 0.3) is 5.91 Å². The first-order valence-corrected chi connectivity index (χ1v) is 9.19. The third kappa shape index (κ3) is 5.39. The van der Waals surface area contributed by atoms with E-state index in [1.165, 1.54) is 12.1 Å². The van der Waals surface area contributed by atoms with Crippen molar-refractivity contribution in [3.63, 3.8) is 0 Å². The van der Waals surface area contributed by atoms with E-state index in [0.717, 1.165) is 29.5 Å². The molecule has 2 aromatic carbocycles. The van der Waals surface area contributed by atoms with Crippen molar-refractivity contribution in [2.45, 2.75) is 19.2 Å². The lowest BCUT2D eigenvalue weighted by molar-refractivity contribution is -0.137. The monoisotopic (exact) mass is 417 g/mol. The number of carbonyl (C=O) groups is 1. The maximum Gasteiger partial charge on any atom is 0.416 e. The summed E-state index contributed by atoms with van der Waals surface area (Å²) < 4.78 is 43.8. The second kappa shape index (κ2) is 8.41. The number of hydrogen-bond donors (Lipinski definition) is 1. The van der Waals surface area contributed by atoms with Gasteiger partial charge in [0.2, 0.25) is 0 Å². The molecule has 2 aromatic rings. The van der Waals surface area contributed by atoms with Crippen LogP contribution in [0, 0.1) is 11.3 Å². The zero-order chi connectivity index (χ0) is 21.0. The smallest absolute Gasteiger partial charge is 0.416 e. The van der Waals surface area contributed by atoms with Crippen LogP contribution >= 0.6 is 11.8 Å². The highest BCUT2D eigenvalue weighted by Crippen LogP contribution is 2.33. The molecule has 29 heavy (non-hydrogen) atoms. The number of alkyl halides is 3. The summed E-state index contributed by atoms with van der Waals surface area (Å²) in [6.07, 6.45) is -3.41. The third-order valence-electron chi connectivity index (χ3n) is 3.73. The number of nitrogens with zero attached hydrogens (tertiary/aromatic N) is 2. The number of nitrogens with one attached hydrogen (secondary N) is 1. The van der Waals surface area contributed by atoms with Crippen LogP contribution in [0.3, 0.4) is 0 Å². The van der Waals surface area contributed by atoms with Crippen LogP contribution in [0.1, 0.15) is 18.1 Å². The predicted molar refractivity (Wildman–Crippen MR) is 104 cm³/mol. The molecular formula is C20H14F3N3O2S. The minimum atomic E-state index is -4.46. The number of rotatable bonds is 4. The fraction of sp³-hybridized carbons (Fsp3) is 0.150. The number of halogens is 3. The number of amides is 1. The van der Waals surface area contributed by atoms with Crippen molar-refractivity contribution in [3.8, 4) is 11.8 Å². The van der Waals surface area contributed by atoms with Crippen molar-refractivity contribution < 1.29 is 22.7 Å². The summed E-state index contributed by atoms with van der Waals surface area (Å²) in [5, 5.41) is 11.5. The van der Waals surface area contributed by atoms with E-state index in [4.69, 9.17) is 10.00 Å². The predicted octanol–water partition coefficient (Wildman–Crippen LogP) is 4.89. The van der Waals surface area contributed by atoms with Crippen molar-refractivity contribution >= 4 is 34.6 Å². The Balaban J connectivity index is 1.75. The molecule has 0 saturated carbocycles. The number of amidine groups is 1. The molecule has 1 amide bonds. The largest absolute Gasteiger partial charge is 0.476 e. The Bertz CT molecular complexity index is 1020. The van der Waals surface area contributed by atoms with Crippen molar-refractivity contribution in [1.82, 2.24) is 5.32 Å². The summed E-state index contributed by atoms with van der Waals surface area (Å²) in [6.45, 7) is 1.63. The number of carbonyl (C=O) groups excluding carboxylic acids is 1. The molecule has 1 N–H and O–H groups in total. The molecule has 1 aliphatic heterocycles. The SMILES string of the molecule is CC(C#N)Oc1ccc(/C=C2\SC(=Nc3cccc(C(F)(F)F)c3)NC2=O)cc1. The summed E-state index contributed by atoms with van der Waals surface area (Å²) in [4.78, 5) is 16.6. The van der Waals surface area contributed by atoms with Crippen LogP contribution in [0.15, 0.2) is 58.4 Å². The molecule has 0 bridgehead atoms. The number of ether oxygens (including phenoxy) is 1. The van der Waals surface area contributed by atoms with Crippen LogP contribution in [-0.2, 0) is 11.0 Å². The summed E-state index contributed by atoms with van der Waals surface area (Å²) >= 11 is 1.04. The summed E-state index contributed by atoms with van der Waals surface area (Å²) in [7, 11) is 0. The molecule has 0 radical (unpaired) electrons. The molecule has 0 aliphatic carbocycles. The molecule has 1 atom stereocenters. The topological polar surface area (TPSA) is 74.5 Å². The Morgan fingerprint density at radius 2 is 1.97 bits per heavy atom. The van der Waals surface area contributed by atoms with E-state index >= 15 is 0 Å². The van der Waals surface area contributed by atoms with Crippen LogP contribution in [0.25, 0.3) is 6.08 Å². The fourth-order valence-corrected chi connectivity index (χ4v) is 3.22. The van der Waals surface area contributed by atoms with Gasteiger partial charge in [-0.2, -0.15) is 18.4 Å². The normalized spacial score (nSPS) is 17.8. The summed E-state index contributed by atoms with van der Waals surface area (Å²) in [5.41, 5.74) is 0.00869. The fourth-order valence-electron chi connectivity index (χ4n) is 2.37. The number of benzene rings is 2. The molecule has 9 heteroatoms. The maximum absolute atomic E-state index is 12.8. The van der Waals surface area contributed by atoms with Gasteiger partial charge in [0, 0.05) is 0 Å².